The molecule has 0 amide bonds. The quantitative estimate of drug-likeness (QED) is 0.633. The van der Waals surface area contributed by atoms with Gasteiger partial charge in [-0.05, 0) is 58.9 Å². The summed E-state index contributed by atoms with van der Waals surface area (Å²) in [6, 6.07) is 12.3. The van der Waals surface area contributed by atoms with E-state index in [9.17, 15) is 0 Å². The molecule has 3 aromatic rings. The standard InChI is InChI=1S/C24H32N6O/c1-16(2)30-19(5)20(18(4)28-30)14-29-12-13-31-22(15-29)21-9-7-11-24(26-21)27-23-10-6-8-17(3)25-23/h6-11,16,22H,12-15H2,1-5H3,(H,25,26,27)/t22-/m1/s1. The Labute approximate surface area is 184 Å². The summed E-state index contributed by atoms with van der Waals surface area (Å²) < 4.78 is 8.22. The molecule has 0 saturated carbocycles. The molecule has 0 unspecified atom stereocenters. The maximum Gasteiger partial charge on any atom is 0.131 e. The van der Waals surface area contributed by atoms with Gasteiger partial charge in [0.15, 0.2) is 0 Å². The van der Waals surface area contributed by atoms with Crippen LogP contribution in [0.25, 0.3) is 0 Å². The highest BCUT2D eigenvalue weighted by Crippen LogP contribution is 2.26. The maximum atomic E-state index is 6.09. The van der Waals surface area contributed by atoms with Gasteiger partial charge in [-0.3, -0.25) is 9.58 Å². The van der Waals surface area contributed by atoms with Crippen LogP contribution in [0.3, 0.4) is 0 Å². The molecule has 0 radical (unpaired) electrons. The predicted molar refractivity (Wildman–Crippen MR) is 123 cm³/mol. The minimum atomic E-state index is -0.0540. The molecular formula is C24H32N6O. The molecule has 1 aliphatic rings. The number of aryl methyl sites for hydroxylation is 2. The minimum absolute atomic E-state index is 0.0540. The van der Waals surface area contributed by atoms with E-state index in [4.69, 9.17) is 14.8 Å². The van der Waals surface area contributed by atoms with Crippen molar-refractivity contribution in [2.24, 2.45) is 0 Å². The van der Waals surface area contributed by atoms with Crippen LogP contribution in [0, 0.1) is 20.8 Å². The van der Waals surface area contributed by atoms with Gasteiger partial charge in [0.2, 0.25) is 0 Å². The van der Waals surface area contributed by atoms with Crippen LogP contribution in [-0.4, -0.2) is 44.3 Å². The van der Waals surface area contributed by atoms with Crippen LogP contribution >= 0.6 is 0 Å². The summed E-state index contributed by atoms with van der Waals surface area (Å²) in [7, 11) is 0. The normalized spacial score (nSPS) is 17.3. The fourth-order valence-corrected chi connectivity index (χ4v) is 4.12. The highest BCUT2D eigenvalue weighted by Gasteiger charge is 2.25. The molecule has 31 heavy (non-hydrogen) atoms. The minimum Gasteiger partial charge on any atom is -0.369 e. The van der Waals surface area contributed by atoms with Gasteiger partial charge in [-0.1, -0.05) is 12.1 Å². The molecule has 1 atom stereocenters. The van der Waals surface area contributed by atoms with Crippen molar-refractivity contribution in [1.29, 1.82) is 0 Å². The first-order chi connectivity index (χ1) is 14.9. The van der Waals surface area contributed by atoms with Gasteiger partial charge in [0.05, 0.1) is 18.0 Å². The van der Waals surface area contributed by atoms with Crippen molar-refractivity contribution < 1.29 is 4.74 Å². The third-order valence-corrected chi connectivity index (χ3v) is 5.74. The second kappa shape index (κ2) is 9.16. The Kier molecular flexibility index (Phi) is 6.34. The van der Waals surface area contributed by atoms with Crippen LogP contribution in [0.15, 0.2) is 36.4 Å². The molecule has 1 aliphatic heterocycles. The number of hydrogen-bond donors (Lipinski definition) is 1. The first-order valence-corrected chi connectivity index (χ1v) is 11.0. The second-order valence-electron chi connectivity index (χ2n) is 8.52. The molecule has 164 valence electrons. The van der Waals surface area contributed by atoms with Crippen LogP contribution in [0.1, 0.15) is 54.3 Å². The molecule has 1 N–H and O–H groups in total. The van der Waals surface area contributed by atoms with Gasteiger partial charge in [-0.2, -0.15) is 5.10 Å². The SMILES string of the molecule is Cc1cccc(Nc2cccc([C@H]3CN(Cc4c(C)nn(C(C)C)c4C)CCO3)n2)n1. The number of nitrogens with one attached hydrogen (secondary N) is 1. The maximum absolute atomic E-state index is 6.09. The van der Waals surface area contributed by atoms with E-state index in [1.165, 1.54) is 11.3 Å². The monoisotopic (exact) mass is 420 g/mol. The molecule has 1 saturated heterocycles. The van der Waals surface area contributed by atoms with Crippen LogP contribution in [0.5, 0.6) is 0 Å². The zero-order chi connectivity index (χ0) is 22.0. The second-order valence-corrected chi connectivity index (χ2v) is 8.52. The lowest BCUT2D eigenvalue weighted by Gasteiger charge is -2.32. The number of rotatable bonds is 6. The van der Waals surface area contributed by atoms with E-state index in [1.807, 2.05) is 43.3 Å². The Hall–Kier alpha value is -2.77. The number of nitrogens with zero attached hydrogens (tertiary/aromatic N) is 5. The smallest absolute Gasteiger partial charge is 0.131 e. The molecule has 7 heteroatoms. The number of morpholine rings is 1. The summed E-state index contributed by atoms with van der Waals surface area (Å²) in [5.41, 5.74) is 5.60. The Balaban J connectivity index is 1.47. The van der Waals surface area contributed by atoms with Gasteiger partial charge in [-0.15, -0.1) is 0 Å². The fraction of sp³-hybridized carbons (Fsp3) is 0.458. The Morgan fingerprint density at radius 2 is 1.81 bits per heavy atom. The van der Waals surface area contributed by atoms with Crippen LogP contribution in [0.4, 0.5) is 11.6 Å². The third kappa shape index (κ3) is 4.94. The van der Waals surface area contributed by atoms with E-state index >= 15 is 0 Å². The molecule has 7 nitrogen and oxygen atoms in total. The summed E-state index contributed by atoms with van der Waals surface area (Å²) >= 11 is 0. The summed E-state index contributed by atoms with van der Waals surface area (Å²) in [5, 5.41) is 8.04. The molecule has 4 rings (SSSR count). The lowest BCUT2D eigenvalue weighted by atomic mass is 10.1. The molecule has 0 spiro atoms. The van der Waals surface area contributed by atoms with Gasteiger partial charge in [0.1, 0.15) is 17.7 Å². The molecule has 0 aliphatic carbocycles. The lowest BCUT2D eigenvalue weighted by Crippen LogP contribution is -2.38. The highest BCUT2D eigenvalue weighted by atomic mass is 16.5. The van der Waals surface area contributed by atoms with Crippen LogP contribution < -0.4 is 5.32 Å². The van der Waals surface area contributed by atoms with Crippen molar-refractivity contribution in [3.05, 3.63) is 64.7 Å². The van der Waals surface area contributed by atoms with E-state index in [0.717, 1.165) is 48.4 Å². The van der Waals surface area contributed by atoms with E-state index in [2.05, 4.69) is 47.6 Å². The largest absolute Gasteiger partial charge is 0.369 e. The Bertz CT molecular complexity index is 1040. The first-order valence-electron chi connectivity index (χ1n) is 11.0. The summed E-state index contributed by atoms with van der Waals surface area (Å²) in [4.78, 5) is 11.8. The van der Waals surface area contributed by atoms with Crippen molar-refractivity contribution >= 4 is 11.6 Å². The number of anilines is 2. The molecule has 0 bridgehead atoms. The molecular weight excluding hydrogens is 388 g/mol. The fourth-order valence-electron chi connectivity index (χ4n) is 4.12. The van der Waals surface area contributed by atoms with Gasteiger partial charge in [0, 0.05) is 42.6 Å². The van der Waals surface area contributed by atoms with Crippen molar-refractivity contribution in [3.63, 3.8) is 0 Å². The van der Waals surface area contributed by atoms with Crippen molar-refractivity contribution in [1.82, 2.24) is 24.6 Å². The van der Waals surface area contributed by atoms with Gasteiger partial charge in [0.25, 0.3) is 0 Å². The van der Waals surface area contributed by atoms with E-state index < -0.39 is 0 Å². The number of pyridine rings is 2. The first kappa shape index (κ1) is 21.5. The zero-order valence-corrected chi connectivity index (χ0v) is 19.1. The summed E-state index contributed by atoms with van der Waals surface area (Å²) in [6.07, 6.45) is -0.0540. The third-order valence-electron chi connectivity index (χ3n) is 5.74. The van der Waals surface area contributed by atoms with E-state index in [-0.39, 0.29) is 6.10 Å². The van der Waals surface area contributed by atoms with Gasteiger partial charge in [-0.25, -0.2) is 9.97 Å². The molecule has 3 aromatic heterocycles. The molecule has 1 fully saturated rings. The zero-order valence-electron chi connectivity index (χ0n) is 19.1. The van der Waals surface area contributed by atoms with E-state index in [0.29, 0.717) is 12.6 Å². The number of aromatic nitrogens is 4. The lowest BCUT2D eigenvalue weighted by molar-refractivity contribution is -0.0350. The predicted octanol–water partition coefficient (Wildman–Crippen LogP) is 4.50. The van der Waals surface area contributed by atoms with Crippen LogP contribution in [-0.2, 0) is 11.3 Å². The van der Waals surface area contributed by atoms with Crippen LogP contribution in [0.2, 0.25) is 0 Å². The van der Waals surface area contributed by atoms with Gasteiger partial charge >= 0.3 is 0 Å². The number of ether oxygens (including phenoxy) is 1. The number of hydrogen-bond acceptors (Lipinski definition) is 6. The van der Waals surface area contributed by atoms with E-state index in [1.54, 1.807) is 0 Å². The van der Waals surface area contributed by atoms with Crippen molar-refractivity contribution in [2.75, 3.05) is 25.0 Å². The average molecular weight is 421 g/mol. The van der Waals surface area contributed by atoms with Crippen molar-refractivity contribution in [2.45, 2.75) is 53.3 Å². The average Bonchev–Trinajstić information content (AvgIpc) is 3.03. The highest BCUT2D eigenvalue weighted by molar-refractivity contribution is 5.51. The summed E-state index contributed by atoms with van der Waals surface area (Å²) in [6.45, 7) is 13.9. The van der Waals surface area contributed by atoms with Gasteiger partial charge < -0.3 is 10.1 Å². The molecule has 0 aromatic carbocycles. The molecule has 4 heterocycles. The Morgan fingerprint density at radius 3 is 2.52 bits per heavy atom. The summed E-state index contributed by atoms with van der Waals surface area (Å²) in [5.74, 6) is 1.57. The van der Waals surface area contributed by atoms with Crippen molar-refractivity contribution in [3.8, 4) is 0 Å². The topological polar surface area (TPSA) is 68.1 Å². The Morgan fingerprint density at radius 1 is 1.06 bits per heavy atom.